The molecule has 0 heterocycles. The van der Waals surface area contributed by atoms with Gasteiger partial charge >= 0.3 is 0 Å². The molecule has 1 aromatic carbocycles. The van der Waals surface area contributed by atoms with Crippen molar-refractivity contribution >= 4 is 11.8 Å². The molecule has 0 amide bonds. The zero-order valence-corrected chi connectivity index (χ0v) is 10.6. The Morgan fingerprint density at radius 3 is 2.65 bits per heavy atom. The van der Waals surface area contributed by atoms with Gasteiger partial charge in [-0.3, -0.25) is 4.99 Å². The van der Waals surface area contributed by atoms with E-state index in [0.717, 1.165) is 23.3 Å². The number of hydrogen-bond donors (Lipinski definition) is 0. The molecular formula is C16H19N. The Balaban J connectivity index is 2.66. The number of benzene rings is 1. The van der Waals surface area contributed by atoms with Crippen molar-refractivity contribution in [3.63, 3.8) is 0 Å². The second kappa shape index (κ2) is 7.39. The number of aliphatic imine (C=N–C) groups is 1. The van der Waals surface area contributed by atoms with Gasteiger partial charge in [0, 0.05) is 11.9 Å². The normalized spacial score (nSPS) is 12.5. The van der Waals surface area contributed by atoms with Crippen LogP contribution in [0.15, 0.2) is 65.8 Å². The van der Waals surface area contributed by atoms with Crippen LogP contribution in [-0.4, -0.2) is 6.21 Å². The lowest BCUT2D eigenvalue weighted by Crippen LogP contribution is -1.79. The minimum atomic E-state index is 0.958. The molecule has 0 unspecified atom stereocenters. The van der Waals surface area contributed by atoms with Gasteiger partial charge in [-0.1, -0.05) is 49.9 Å². The molecule has 1 rings (SSSR count). The molecule has 0 N–H and O–H groups in total. The Morgan fingerprint density at radius 2 is 2.00 bits per heavy atom. The van der Waals surface area contributed by atoms with Crippen LogP contribution in [-0.2, 0) is 0 Å². The standard InChI is InChI=1S/C16H19N/c1-4-5-9-12-17-15(3)13-14(2)16-10-7-6-8-11-16/h5-13H,2,4H2,1,3H3/b9-5+,15-13+,17-12+. The molecule has 0 aliphatic carbocycles. The Bertz CT molecular complexity index is 436. The van der Waals surface area contributed by atoms with Gasteiger partial charge in [0.25, 0.3) is 0 Å². The van der Waals surface area contributed by atoms with E-state index in [0.29, 0.717) is 0 Å². The zero-order valence-electron chi connectivity index (χ0n) is 10.6. The second-order valence-corrected chi connectivity index (χ2v) is 3.79. The van der Waals surface area contributed by atoms with Crippen molar-refractivity contribution < 1.29 is 0 Å². The zero-order chi connectivity index (χ0) is 12.5. The topological polar surface area (TPSA) is 12.4 Å². The number of rotatable bonds is 5. The van der Waals surface area contributed by atoms with Crippen LogP contribution in [0.25, 0.3) is 5.57 Å². The van der Waals surface area contributed by atoms with Crippen LogP contribution in [0.4, 0.5) is 0 Å². The Kier molecular flexibility index (Phi) is 5.73. The minimum absolute atomic E-state index is 0.958. The largest absolute Gasteiger partial charge is 0.262 e. The van der Waals surface area contributed by atoms with Crippen molar-refractivity contribution in [1.82, 2.24) is 0 Å². The Hall–Kier alpha value is -1.89. The van der Waals surface area contributed by atoms with E-state index in [2.05, 4.69) is 24.6 Å². The van der Waals surface area contributed by atoms with Gasteiger partial charge in [-0.15, -0.1) is 0 Å². The first-order valence-electron chi connectivity index (χ1n) is 5.86. The maximum Gasteiger partial charge on any atom is 0.0378 e. The third-order valence-corrected chi connectivity index (χ3v) is 2.26. The van der Waals surface area contributed by atoms with Gasteiger partial charge in [0.2, 0.25) is 0 Å². The Morgan fingerprint density at radius 1 is 1.29 bits per heavy atom. The van der Waals surface area contributed by atoms with Gasteiger partial charge in [0.1, 0.15) is 0 Å². The first-order chi connectivity index (χ1) is 8.24. The van der Waals surface area contributed by atoms with Crippen LogP contribution in [0.1, 0.15) is 25.8 Å². The van der Waals surface area contributed by atoms with Crippen molar-refractivity contribution in [2.24, 2.45) is 4.99 Å². The lowest BCUT2D eigenvalue weighted by Gasteiger charge is -2.00. The third kappa shape index (κ3) is 5.12. The van der Waals surface area contributed by atoms with Gasteiger partial charge < -0.3 is 0 Å². The fraction of sp³-hybridized carbons (Fsp3) is 0.188. The molecule has 1 heteroatoms. The molecule has 0 aliphatic heterocycles. The van der Waals surface area contributed by atoms with Crippen LogP contribution in [0.5, 0.6) is 0 Å². The third-order valence-electron chi connectivity index (χ3n) is 2.26. The maximum absolute atomic E-state index is 4.32. The summed E-state index contributed by atoms with van der Waals surface area (Å²) in [6, 6.07) is 10.1. The number of hydrogen-bond acceptors (Lipinski definition) is 1. The molecule has 1 aromatic rings. The summed E-state index contributed by atoms with van der Waals surface area (Å²) in [5.41, 5.74) is 3.07. The smallest absolute Gasteiger partial charge is 0.0378 e. The van der Waals surface area contributed by atoms with E-state index >= 15 is 0 Å². The van der Waals surface area contributed by atoms with Crippen LogP contribution >= 0.6 is 0 Å². The molecular weight excluding hydrogens is 206 g/mol. The predicted molar refractivity (Wildman–Crippen MR) is 77.2 cm³/mol. The fourth-order valence-corrected chi connectivity index (χ4v) is 1.38. The summed E-state index contributed by atoms with van der Waals surface area (Å²) in [5, 5.41) is 0. The molecule has 1 nitrogen and oxygen atoms in total. The number of allylic oxidation sites excluding steroid dienone is 5. The molecule has 0 fully saturated rings. The molecule has 0 saturated carbocycles. The SMILES string of the molecule is C=C(/C=C(C)/N=C/C=C/CC)c1ccccc1. The van der Waals surface area contributed by atoms with E-state index < -0.39 is 0 Å². The molecule has 0 aromatic heterocycles. The summed E-state index contributed by atoms with van der Waals surface area (Å²) in [6.45, 7) is 8.12. The summed E-state index contributed by atoms with van der Waals surface area (Å²) < 4.78 is 0. The molecule has 0 radical (unpaired) electrons. The molecule has 17 heavy (non-hydrogen) atoms. The molecule has 0 aliphatic rings. The summed E-state index contributed by atoms with van der Waals surface area (Å²) in [6.07, 6.45) is 8.87. The molecule has 88 valence electrons. The lowest BCUT2D eigenvalue weighted by molar-refractivity contribution is 1.23. The van der Waals surface area contributed by atoms with Crippen molar-refractivity contribution in [1.29, 1.82) is 0 Å². The molecule has 0 bridgehead atoms. The highest BCUT2D eigenvalue weighted by molar-refractivity contribution is 5.75. The van der Waals surface area contributed by atoms with Crippen LogP contribution < -0.4 is 0 Å². The number of nitrogens with zero attached hydrogens (tertiary/aromatic N) is 1. The summed E-state index contributed by atoms with van der Waals surface area (Å²) in [4.78, 5) is 4.32. The van der Waals surface area contributed by atoms with Crippen molar-refractivity contribution in [2.45, 2.75) is 20.3 Å². The average Bonchev–Trinajstić information content (AvgIpc) is 2.36. The van der Waals surface area contributed by atoms with Crippen LogP contribution in [0, 0.1) is 0 Å². The van der Waals surface area contributed by atoms with Crippen molar-refractivity contribution in [3.05, 3.63) is 66.4 Å². The quantitative estimate of drug-likeness (QED) is 0.511. The second-order valence-electron chi connectivity index (χ2n) is 3.79. The van der Waals surface area contributed by atoms with Gasteiger partial charge in [-0.05, 0) is 36.6 Å². The van der Waals surface area contributed by atoms with Crippen molar-refractivity contribution in [3.8, 4) is 0 Å². The Labute approximate surface area is 104 Å². The van der Waals surface area contributed by atoms with E-state index in [1.165, 1.54) is 0 Å². The summed E-state index contributed by atoms with van der Waals surface area (Å²) in [5.74, 6) is 0. The highest BCUT2D eigenvalue weighted by Crippen LogP contribution is 2.14. The fourth-order valence-electron chi connectivity index (χ4n) is 1.38. The van der Waals surface area contributed by atoms with Gasteiger partial charge in [0.15, 0.2) is 0 Å². The van der Waals surface area contributed by atoms with Gasteiger partial charge in [-0.25, -0.2) is 0 Å². The summed E-state index contributed by atoms with van der Waals surface area (Å²) in [7, 11) is 0. The lowest BCUT2D eigenvalue weighted by atomic mass is 10.1. The van der Waals surface area contributed by atoms with E-state index in [1.807, 2.05) is 55.6 Å². The first-order valence-corrected chi connectivity index (χ1v) is 5.86. The van der Waals surface area contributed by atoms with Crippen LogP contribution in [0.2, 0.25) is 0 Å². The van der Waals surface area contributed by atoms with Gasteiger partial charge in [-0.2, -0.15) is 0 Å². The predicted octanol–water partition coefficient (Wildman–Crippen LogP) is 4.64. The molecule has 0 saturated heterocycles. The molecule has 0 atom stereocenters. The monoisotopic (exact) mass is 225 g/mol. The van der Waals surface area contributed by atoms with Crippen LogP contribution in [0.3, 0.4) is 0 Å². The van der Waals surface area contributed by atoms with E-state index in [9.17, 15) is 0 Å². The van der Waals surface area contributed by atoms with E-state index in [4.69, 9.17) is 0 Å². The minimum Gasteiger partial charge on any atom is -0.262 e. The van der Waals surface area contributed by atoms with E-state index in [-0.39, 0.29) is 0 Å². The summed E-state index contributed by atoms with van der Waals surface area (Å²) >= 11 is 0. The first kappa shape index (κ1) is 13.2. The van der Waals surface area contributed by atoms with Crippen molar-refractivity contribution in [2.75, 3.05) is 0 Å². The average molecular weight is 225 g/mol. The molecule has 0 spiro atoms. The highest BCUT2D eigenvalue weighted by Gasteiger charge is 1.93. The maximum atomic E-state index is 4.32. The highest BCUT2D eigenvalue weighted by atomic mass is 14.7. The van der Waals surface area contributed by atoms with E-state index in [1.54, 1.807) is 0 Å². The van der Waals surface area contributed by atoms with Gasteiger partial charge in [0.05, 0.1) is 0 Å².